The lowest BCUT2D eigenvalue weighted by atomic mass is 10.2. The highest BCUT2D eigenvalue weighted by atomic mass is 32.1. The maximum Gasteiger partial charge on any atom is 0.252 e. The predicted molar refractivity (Wildman–Crippen MR) is 79.9 cm³/mol. The van der Waals surface area contributed by atoms with Crippen LogP contribution in [-0.2, 0) is 0 Å². The molecule has 20 heavy (non-hydrogen) atoms. The van der Waals surface area contributed by atoms with Crippen molar-refractivity contribution in [3.05, 3.63) is 41.3 Å². The number of thiophene rings is 1. The van der Waals surface area contributed by atoms with Crippen LogP contribution >= 0.6 is 11.3 Å². The molecule has 2 heterocycles. The van der Waals surface area contributed by atoms with Crippen molar-refractivity contribution in [1.82, 2.24) is 15.5 Å². The lowest BCUT2D eigenvalue weighted by Gasteiger charge is -1.98. The monoisotopic (exact) mass is 283 g/mol. The van der Waals surface area contributed by atoms with Gasteiger partial charge in [0.1, 0.15) is 5.69 Å². The normalized spacial score (nSPS) is 14.6. The Bertz CT molecular complexity index is 785. The first-order valence-electron chi connectivity index (χ1n) is 6.64. The molecule has 1 aliphatic rings. The second-order valence-corrected chi connectivity index (χ2v) is 5.98. The molecule has 4 rings (SSSR count). The van der Waals surface area contributed by atoms with Crippen LogP contribution in [0.1, 0.15) is 23.2 Å². The van der Waals surface area contributed by atoms with Crippen molar-refractivity contribution in [2.45, 2.75) is 18.9 Å². The minimum Gasteiger partial charge on any atom is -0.349 e. The summed E-state index contributed by atoms with van der Waals surface area (Å²) >= 11 is 1.55. The molecule has 0 spiro atoms. The molecular weight excluding hydrogens is 270 g/mol. The Morgan fingerprint density at radius 3 is 3.05 bits per heavy atom. The number of rotatable bonds is 3. The van der Waals surface area contributed by atoms with Gasteiger partial charge in [0.25, 0.3) is 5.91 Å². The van der Waals surface area contributed by atoms with Gasteiger partial charge in [0.2, 0.25) is 0 Å². The van der Waals surface area contributed by atoms with Crippen molar-refractivity contribution in [2.24, 2.45) is 0 Å². The van der Waals surface area contributed by atoms with E-state index >= 15 is 0 Å². The lowest BCUT2D eigenvalue weighted by Crippen LogP contribution is -2.24. The summed E-state index contributed by atoms with van der Waals surface area (Å²) in [6, 6.07) is 10.3. The zero-order chi connectivity index (χ0) is 13.5. The number of amides is 1. The van der Waals surface area contributed by atoms with E-state index in [1.165, 1.54) is 0 Å². The number of aromatic amines is 1. The van der Waals surface area contributed by atoms with Gasteiger partial charge >= 0.3 is 0 Å². The Hall–Kier alpha value is -2.14. The van der Waals surface area contributed by atoms with Crippen molar-refractivity contribution >= 4 is 28.1 Å². The Kier molecular flexibility index (Phi) is 2.60. The molecule has 100 valence electrons. The summed E-state index contributed by atoms with van der Waals surface area (Å²) in [5.41, 5.74) is 2.65. The van der Waals surface area contributed by atoms with Gasteiger partial charge in [-0.2, -0.15) is 5.10 Å². The smallest absolute Gasteiger partial charge is 0.252 e. The fraction of sp³-hybridized carbons (Fsp3) is 0.200. The molecular formula is C15H13N3OS. The standard InChI is InChI=1S/C15H13N3OS/c19-15(16-10-5-6-10)9-7-13(20-8-9)14-11-3-1-2-4-12(11)17-18-14/h1-4,7-8,10H,5-6H2,(H,16,19)(H,17,18). The van der Waals surface area contributed by atoms with Crippen LogP contribution in [0.5, 0.6) is 0 Å². The molecule has 1 fully saturated rings. The van der Waals surface area contributed by atoms with Gasteiger partial charge in [-0.05, 0) is 25.0 Å². The average Bonchev–Trinajstić information content (AvgIpc) is 3.01. The molecule has 0 saturated heterocycles. The number of hydrogen-bond acceptors (Lipinski definition) is 3. The number of carbonyl (C=O) groups is 1. The first-order chi connectivity index (χ1) is 9.81. The number of nitrogens with zero attached hydrogens (tertiary/aromatic N) is 1. The molecule has 1 aliphatic carbocycles. The summed E-state index contributed by atoms with van der Waals surface area (Å²) in [5.74, 6) is 0.0230. The predicted octanol–water partition coefficient (Wildman–Crippen LogP) is 3.18. The summed E-state index contributed by atoms with van der Waals surface area (Å²) < 4.78 is 0. The van der Waals surface area contributed by atoms with Gasteiger partial charge in [-0.1, -0.05) is 18.2 Å². The highest BCUT2D eigenvalue weighted by Gasteiger charge is 2.24. The molecule has 1 amide bonds. The number of benzene rings is 1. The molecule has 5 heteroatoms. The summed E-state index contributed by atoms with van der Waals surface area (Å²) in [4.78, 5) is 13.0. The second kappa shape index (κ2) is 4.45. The third-order valence-corrected chi connectivity index (χ3v) is 4.41. The topological polar surface area (TPSA) is 57.8 Å². The van der Waals surface area contributed by atoms with Crippen LogP contribution in [0.25, 0.3) is 21.5 Å². The van der Waals surface area contributed by atoms with E-state index in [0.29, 0.717) is 6.04 Å². The maximum absolute atomic E-state index is 12.0. The Labute approximate surface area is 119 Å². The van der Waals surface area contributed by atoms with Gasteiger partial charge in [0.05, 0.1) is 16.0 Å². The molecule has 4 nitrogen and oxygen atoms in total. The fourth-order valence-corrected chi connectivity index (χ4v) is 3.12. The number of hydrogen-bond donors (Lipinski definition) is 2. The Morgan fingerprint density at radius 1 is 1.35 bits per heavy atom. The van der Waals surface area contributed by atoms with Gasteiger partial charge in [-0.25, -0.2) is 0 Å². The molecule has 1 saturated carbocycles. The number of carbonyl (C=O) groups excluding carboxylic acids is 1. The van der Waals surface area contributed by atoms with E-state index in [-0.39, 0.29) is 5.91 Å². The van der Waals surface area contributed by atoms with Gasteiger partial charge in [0, 0.05) is 16.8 Å². The largest absolute Gasteiger partial charge is 0.349 e. The number of nitrogens with one attached hydrogen (secondary N) is 2. The van der Waals surface area contributed by atoms with E-state index in [1.807, 2.05) is 35.7 Å². The highest BCUT2D eigenvalue weighted by Crippen LogP contribution is 2.31. The van der Waals surface area contributed by atoms with Crippen LogP contribution in [0.4, 0.5) is 0 Å². The SMILES string of the molecule is O=C(NC1CC1)c1csc(-c2n[nH]c3ccccc23)c1. The molecule has 0 aliphatic heterocycles. The molecule has 0 unspecified atom stereocenters. The van der Waals surface area contributed by atoms with Crippen LogP contribution in [0.2, 0.25) is 0 Å². The molecule has 2 aromatic heterocycles. The van der Waals surface area contributed by atoms with Crippen molar-refractivity contribution in [1.29, 1.82) is 0 Å². The molecule has 1 aromatic carbocycles. The summed E-state index contributed by atoms with van der Waals surface area (Å²) in [5, 5.41) is 13.4. The van der Waals surface area contributed by atoms with Crippen LogP contribution in [-0.4, -0.2) is 22.1 Å². The maximum atomic E-state index is 12.0. The summed E-state index contributed by atoms with van der Waals surface area (Å²) in [6.45, 7) is 0. The van der Waals surface area contributed by atoms with Crippen molar-refractivity contribution in [3.8, 4) is 10.6 Å². The third kappa shape index (κ3) is 2.00. The van der Waals surface area contributed by atoms with E-state index in [2.05, 4.69) is 15.5 Å². The van der Waals surface area contributed by atoms with Crippen LogP contribution in [0.15, 0.2) is 35.7 Å². The highest BCUT2D eigenvalue weighted by molar-refractivity contribution is 7.14. The van der Waals surface area contributed by atoms with Crippen molar-refractivity contribution in [3.63, 3.8) is 0 Å². The molecule has 0 bridgehead atoms. The van der Waals surface area contributed by atoms with Crippen LogP contribution < -0.4 is 5.32 Å². The van der Waals surface area contributed by atoms with E-state index in [1.54, 1.807) is 11.3 Å². The Morgan fingerprint density at radius 2 is 2.20 bits per heavy atom. The Balaban J connectivity index is 1.68. The van der Waals surface area contributed by atoms with Crippen LogP contribution in [0.3, 0.4) is 0 Å². The van der Waals surface area contributed by atoms with E-state index in [9.17, 15) is 4.79 Å². The minimum atomic E-state index is 0.0230. The van der Waals surface area contributed by atoms with Gasteiger partial charge in [-0.15, -0.1) is 11.3 Å². The number of aromatic nitrogens is 2. The number of fused-ring (bicyclic) bond motifs is 1. The quantitative estimate of drug-likeness (QED) is 0.775. The summed E-state index contributed by atoms with van der Waals surface area (Å²) in [6.07, 6.45) is 2.21. The second-order valence-electron chi connectivity index (χ2n) is 5.07. The lowest BCUT2D eigenvalue weighted by molar-refractivity contribution is 0.0951. The average molecular weight is 283 g/mol. The van der Waals surface area contributed by atoms with Gasteiger partial charge < -0.3 is 5.32 Å². The zero-order valence-corrected chi connectivity index (χ0v) is 11.5. The first-order valence-corrected chi connectivity index (χ1v) is 7.52. The van der Waals surface area contributed by atoms with E-state index in [4.69, 9.17) is 0 Å². The van der Waals surface area contributed by atoms with E-state index < -0.39 is 0 Å². The molecule has 0 radical (unpaired) electrons. The summed E-state index contributed by atoms with van der Waals surface area (Å²) in [7, 11) is 0. The third-order valence-electron chi connectivity index (χ3n) is 3.48. The molecule has 3 aromatic rings. The van der Waals surface area contributed by atoms with Gasteiger partial charge in [-0.3, -0.25) is 9.89 Å². The number of para-hydroxylation sites is 1. The van der Waals surface area contributed by atoms with Gasteiger partial charge in [0.15, 0.2) is 0 Å². The minimum absolute atomic E-state index is 0.0230. The fourth-order valence-electron chi connectivity index (χ4n) is 2.23. The number of H-pyrrole nitrogens is 1. The zero-order valence-electron chi connectivity index (χ0n) is 10.7. The molecule has 2 N–H and O–H groups in total. The van der Waals surface area contributed by atoms with E-state index in [0.717, 1.165) is 39.9 Å². The van der Waals surface area contributed by atoms with Crippen molar-refractivity contribution in [2.75, 3.05) is 0 Å². The first kappa shape index (κ1) is 11.7. The van der Waals surface area contributed by atoms with Crippen molar-refractivity contribution < 1.29 is 4.79 Å². The molecule has 0 atom stereocenters. The van der Waals surface area contributed by atoms with Crippen LogP contribution in [0, 0.1) is 0 Å².